The molecule has 1 heterocycles. The van der Waals surface area contributed by atoms with Crippen LogP contribution < -0.4 is 5.32 Å². The number of carbonyl (C=O) groups is 1. The van der Waals surface area contributed by atoms with Crippen LogP contribution in [0.5, 0.6) is 0 Å². The summed E-state index contributed by atoms with van der Waals surface area (Å²) in [5.41, 5.74) is 2.23. The molecule has 0 aliphatic heterocycles. The number of hydrogen-bond donors (Lipinski definition) is 2. The fourth-order valence-electron chi connectivity index (χ4n) is 5.94. The van der Waals surface area contributed by atoms with E-state index < -0.39 is 0 Å². The lowest BCUT2D eigenvalue weighted by Crippen LogP contribution is -2.43. The summed E-state index contributed by atoms with van der Waals surface area (Å²) in [5.74, 6) is 3.75. The SMILES string of the molecule is O=C(Cc1c[nH]c2ccccc12)NC1CC2CC1C1CCCC21. The van der Waals surface area contributed by atoms with Crippen molar-refractivity contribution in [2.45, 2.75) is 44.6 Å². The largest absolute Gasteiger partial charge is 0.361 e. The Hall–Kier alpha value is -1.77. The molecule has 5 atom stereocenters. The maximum absolute atomic E-state index is 12.6. The lowest BCUT2D eigenvalue weighted by molar-refractivity contribution is -0.121. The van der Waals surface area contributed by atoms with E-state index in [0.29, 0.717) is 12.5 Å². The molecule has 0 spiro atoms. The molecule has 3 saturated carbocycles. The van der Waals surface area contributed by atoms with Crippen LogP contribution in [0, 0.1) is 23.7 Å². The molecule has 3 heteroatoms. The number of fused-ring (bicyclic) bond motifs is 6. The molecule has 0 saturated heterocycles. The number of para-hydroxylation sites is 1. The summed E-state index contributed by atoms with van der Waals surface area (Å²) in [4.78, 5) is 15.8. The Morgan fingerprint density at radius 3 is 2.96 bits per heavy atom. The van der Waals surface area contributed by atoms with Crippen LogP contribution >= 0.6 is 0 Å². The average molecular weight is 308 g/mol. The molecule has 3 aliphatic rings. The molecule has 1 aromatic carbocycles. The number of aromatic nitrogens is 1. The van der Waals surface area contributed by atoms with Crippen molar-refractivity contribution in [1.29, 1.82) is 0 Å². The van der Waals surface area contributed by atoms with E-state index in [9.17, 15) is 4.79 Å². The molecule has 3 fully saturated rings. The second-order valence-corrected chi connectivity index (χ2v) is 7.86. The van der Waals surface area contributed by atoms with Gasteiger partial charge in [-0.3, -0.25) is 4.79 Å². The Morgan fingerprint density at radius 2 is 2.00 bits per heavy atom. The number of benzene rings is 1. The van der Waals surface area contributed by atoms with E-state index in [4.69, 9.17) is 0 Å². The first kappa shape index (κ1) is 13.6. The quantitative estimate of drug-likeness (QED) is 0.893. The Labute approximate surface area is 136 Å². The Kier molecular flexibility index (Phi) is 3.04. The van der Waals surface area contributed by atoms with Crippen molar-refractivity contribution in [2.75, 3.05) is 0 Å². The third-order valence-corrected chi connectivity index (χ3v) is 6.80. The first-order valence-corrected chi connectivity index (χ1v) is 9.14. The van der Waals surface area contributed by atoms with Crippen molar-refractivity contribution in [1.82, 2.24) is 10.3 Å². The third kappa shape index (κ3) is 2.13. The van der Waals surface area contributed by atoms with Crippen molar-refractivity contribution in [2.24, 2.45) is 23.7 Å². The summed E-state index contributed by atoms with van der Waals surface area (Å²) in [5, 5.41) is 4.55. The molecule has 23 heavy (non-hydrogen) atoms. The second-order valence-electron chi connectivity index (χ2n) is 7.86. The third-order valence-electron chi connectivity index (χ3n) is 6.80. The molecule has 3 nitrogen and oxygen atoms in total. The van der Waals surface area contributed by atoms with Gasteiger partial charge in [-0.1, -0.05) is 24.6 Å². The van der Waals surface area contributed by atoms with E-state index in [2.05, 4.69) is 22.4 Å². The molecule has 5 rings (SSSR count). The minimum atomic E-state index is 0.196. The van der Waals surface area contributed by atoms with E-state index in [1.807, 2.05) is 18.3 Å². The molecular weight excluding hydrogens is 284 g/mol. The fraction of sp³-hybridized carbons (Fsp3) is 0.550. The van der Waals surface area contributed by atoms with Crippen LogP contribution in [0.4, 0.5) is 0 Å². The average Bonchev–Trinajstić information content (AvgIpc) is 3.28. The van der Waals surface area contributed by atoms with Crippen molar-refractivity contribution >= 4 is 16.8 Å². The van der Waals surface area contributed by atoms with Gasteiger partial charge in [-0.25, -0.2) is 0 Å². The van der Waals surface area contributed by atoms with Gasteiger partial charge in [0.15, 0.2) is 0 Å². The van der Waals surface area contributed by atoms with Crippen molar-refractivity contribution < 1.29 is 4.79 Å². The van der Waals surface area contributed by atoms with Crippen molar-refractivity contribution in [3.63, 3.8) is 0 Å². The topological polar surface area (TPSA) is 44.9 Å². The summed E-state index contributed by atoms with van der Waals surface area (Å²) < 4.78 is 0. The van der Waals surface area contributed by atoms with Crippen LogP contribution in [0.2, 0.25) is 0 Å². The zero-order valence-corrected chi connectivity index (χ0v) is 13.4. The van der Waals surface area contributed by atoms with Crippen LogP contribution in [0.1, 0.15) is 37.7 Å². The number of hydrogen-bond acceptors (Lipinski definition) is 1. The normalized spacial score (nSPS) is 34.9. The zero-order chi connectivity index (χ0) is 15.4. The van der Waals surface area contributed by atoms with Gasteiger partial charge in [-0.2, -0.15) is 0 Å². The minimum Gasteiger partial charge on any atom is -0.361 e. The Morgan fingerprint density at radius 1 is 1.13 bits per heavy atom. The Balaban J connectivity index is 1.28. The number of carbonyl (C=O) groups excluding carboxylic acids is 1. The van der Waals surface area contributed by atoms with Crippen LogP contribution in [-0.4, -0.2) is 16.9 Å². The summed E-state index contributed by atoms with van der Waals surface area (Å²) in [7, 11) is 0. The molecule has 3 aliphatic carbocycles. The predicted molar refractivity (Wildman–Crippen MR) is 91.0 cm³/mol. The number of rotatable bonds is 3. The zero-order valence-electron chi connectivity index (χ0n) is 13.4. The summed E-state index contributed by atoms with van der Waals surface area (Å²) in [6, 6.07) is 8.66. The van der Waals surface area contributed by atoms with Gasteiger partial charge in [0.2, 0.25) is 5.91 Å². The first-order chi connectivity index (χ1) is 11.3. The van der Waals surface area contributed by atoms with Crippen LogP contribution in [0.15, 0.2) is 30.5 Å². The van der Waals surface area contributed by atoms with E-state index in [-0.39, 0.29) is 5.91 Å². The van der Waals surface area contributed by atoms with Crippen LogP contribution in [0.25, 0.3) is 10.9 Å². The molecular formula is C20H24N2O. The molecule has 2 bridgehead atoms. The van der Waals surface area contributed by atoms with Gasteiger partial charge in [0.1, 0.15) is 0 Å². The van der Waals surface area contributed by atoms with Crippen LogP contribution in [0.3, 0.4) is 0 Å². The van der Waals surface area contributed by atoms with Crippen molar-refractivity contribution in [3.8, 4) is 0 Å². The lowest BCUT2D eigenvalue weighted by Gasteiger charge is -2.32. The highest BCUT2D eigenvalue weighted by Gasteiger charge is 2.53. The maximum atomic E-state index is 12.6. The van der Waals surface area contributed by atoms with E-state index in [1.165, 1.54) is 37.5 Å². The lowest BCUT2D eigenvalue weighted by atomic mass is 9.79. The monoisotopic (exact) mass is 308 g/mol. The number of H-pyrrole nitrogens is 1. The highest BCUT2D eigenvalue weighted by atomic mass is 16.1. The van der Waals surface area contributed by atoms with Crippen LogP contribution in [-0.2, 0) is 11.2 Å². The van der Waals surface area contributed by atoms with E-state index in [1.54, 1.807) is 0 Å². The minimum absolute atomic E-state index is 0.196. The number of nitrogens with one attached hydrogen (secondary N) is 2. The molecule has 2 N–H and O–H groups in total. The second kappa shape index (κ2) is 5.12. The van der Waals surface area contributed by atoms with Gasteiger partial charge >= 0.3 is 0 Å². The number of amides is 1. The Bertz CT molecular complexity index is 749. The summed E-state index contributed by atoms with van der Waals surface area (Å²) in [6.07, 6.45) is 9.34. The molecule has 1 aromatic heterocycles. The molecule has 0 radical (unpaired) electrons. The standard InChI is InChI=1S/C20H24N2O/c23-20(10-13-11-21-18-7-2-1-4-15(13)18)22-19-9-12-8-17(19)16-6-3-5-14(12)16/h1-2,4,7,11-12,14,16-17,19,21H,3,5-6,8-10H2,(H,22,23). The first-order valence-electron chi connectivity index (χ1n) is 9.14. The van der Waals surface area contributed by atoms with Gasteiger partial charge in [0, 0.05) is 23.1 Å². The molecule has 5 unspecified atom stereocenters. The van der Waals surface area contributed by atoms with Gasteiger partial charge in [0.05, 0.1) is 6.42 Å². The highest BCUT2D eigenvalue weighted by molar-refractivity contribution is 5.88. The molecule has 120 valence electrons. The fourth-order valence-corrected chi connectivity index (χ4v) is 5.94. The van der Waals surface area contributed by atoms with Gasteiger partial charge in [-0.05, 0) is 61.0 Å². The van der Waals surface area contributed by atoms with E-state index in [0.717, 1.165) is 34.8 Å². The number of aromatic amines is 1. The molecule has 2 aromatic rings. The van der Waals surface area contributed by atoms with Crippen molar-refractivity contribution in [3.05, 3.63) is 36.0 Å². The van der Waals surface area contributed by atoms with E-state index >= 15 is 0 Å². The van der Waals surface area contributed by atoms with Gasteiger partial charge in [-0.15, -0.1) is 0 Å². The maximum Gasteiger partial charge on any atom is 0.224 e. The molecule has 1 amide bonds. The van der Waals surface area contributed by atoms with Gasteiger partial charge in [0.25, 0.3) is 0 Å². The summed E-state index contributed by atoms with van der Waals surface area (Å²) >= 11 is 0. The highest BCUT2D eigenvalue weighted by Crippen LogP contribution is 2.58. The smallest absolute Gasteiger partial charge is 0.224 e. The predicted octanol–water partition coefficient (Wildman–Crippen LogP) is 3.65. The van der Waals surface area contributed by atoms with Gasteiger partial charge < -0.3 is 10.3 Å². The summed E-state index contributed by atoms with van der Waals surface area (Å²) in [6.45, 7) is 0.